The van der Waals surface area contributed by atoms with E-state index in [9.17, 15) is 23.1 Å². The lowest BCUT2D eigenvalue weighted by Gasteiger charge is -2.26. The first-order valence-corrected chi connectivity index (χ1v) is 4.89. The Labute approximate surface area is 101 Å². The Balaban J connectivity index is 2.98. The topological polar surface area (TPSA) is 88.2 Å². The molecule has 5 nitrogen and oxygen atoms in total. The zero-order valence-corrected chi connectivity index (χ0v) is 9.67. The number of aryl methyl sites for hydroxylation is 1. The molecule has 1 aromatic rings. The summed E-state index contributed by atoms with van der Waals surface area (Å²) in [4.78, 5) is 15.1. The minimum absolute atomic E-state index is 0.360. The first kappa shape index (κ1) is 14.2. The van der Waals surface area contributed by atoms with Gasteiger partial charge in [0.25, 0.3) is 5.91 Å². The number of nitrogens with two attached hydrogens (primary N) is 1. The van der Waals surface area contributed by atoms with Crippen LogP contribution >= 0.6 is 0 Å². The van der Waals surface area contributed by atoms with E-state index in [1.165, 1.54) is 12.1 Å². The molecule has 1 aromatic heterocycles. The number of aromatic nitrogens is 1. The largest absolute Gasteiger partial charge is 0.504 e. The van der Waals surface area contributed by atoms with Gasteiger partial charge in [-0.2, -0.15) is 13.2 Å². The van der Waals surface area contributed by atoms with Crippen LogP contribution in [0.3, 0.4) is 0 Å². The van der Waals surface area contributed by atoms with Crippen LogP contribution in [0.15, 0.2) is 12.1 Å². The molecule has 0 fully saturated rings. The van der Waals surface area contributed by atoms with E-state index in [2.05, 4.69) is 4.98 Å². The molecule has 1 unspecified atom stereocenters. The van der Waals surface area contributed by atoms with Crippen molar-refractivity contribution in [2.45, 2.75) is 25.6 Å². The summed E-state index contributed by atoms with van der Waals surface area (Å²) in [6.45, 7) is 2.09. The molecule has 0 aliphatic heterocycles. The minimum atomic E-state index is -4.91. The van der Waals surface area contributed by atoms with Crippen molar-refractivity contribution in [1.82, 2.24) is 4.98 Å². The molecule has 1 rings (SSSR count). The van der Waals surface area contributed by atoms with E-state index in [0.717, 1.165) is 0 Å². The van der Waals surface area contributed by atoms with Gasteiger partial charge < -0.3 is 16.2 Å². The van der Waals surface area contributed by atoms with Gasteiger partial charge in [-0.1, -0.05) is 0 Å². The van der Waals surface area contributed by atoms with Crippen LogP contribution in [0.5, 0.6) is 5.75 Å². The van der Waals surface area contributed by atoms with Crippen LogP contribution < -0.4 is 11.1 Å². The van der Waals surface area contributed by atoms with Gasteiger partial charge in [-0.25, -0.2) is 4.98 Å². The van der Waals surface area contributed by atoms with Crippen molar-refractivity contribution in [3.8, 4) is 5.75 Å². The summed E-state index contributed by atoms with van der Waals surface area (Å²) >= 11 is 0. The smallest absolute Gasteiger partial charge is 0.415 e. The monoisotopic (exact) mass is 263 g/mol. The number of hydrogen-bond acceptors (Lipinski definition) is 4. The van der Waals surface area contributed by atoms with Gasteiger partial charge in [0.2, 0.25) is 0 Å². The molecule has 1 atom stereocenters. The summed E-state index contributed by atoms with van der Waals surface area (Å²) in [6, 6.07) is 2.65. The maximum atomic E-state index is 12.5. The number of aromatic hydroxyl groups is 1. The number of hydrogen-bond donors (Lipinski definition) is 3. The van der Waals surface area contributed by atoms with Crippen LogP contribution in [0.2, 0.25) is 0 Å². The van der Waals surface area contributed by atoms with E-state index in [4.69, 9.17) is 5.73 Å². The summed E-state index contributed by atoms with van der Waals surface area (Å²) in [5.74, 6) is -2.30. The van der Waals surface area contributed by atoms with Crippen LogP contribution in [0, 0.1) is 6.92 Å². The number of carbonyl (C=O) groups is 1. The van der Waals surface area contributed by atoms with Crippen LogP contribution in [0.1, 0.15) is 12.6 Å². The van der Waals surface area contributed by atoms with Gasteiger partial charge in [0.1, 0.15) is 0 Å². The lowest BCUT2D eigenvalue weighted by atomic mass is 10.0. The van der Waals surface area contributed by atoms with E-state index in [0.29, 0.717) is 12.6 Å². The highest BCUT2D eigenvalue weighted by atomic mass is 19.4. The van der Waals surface area contributed by atoms with Crippen molar-refractivity contribution in [2.75, 3.05) is 5.32 Å². The maximum Gasteiger partial charge on any atom is 0.415 e. The SMILES string of the molecule is Cc1ccc(O)c(NC(=O)C(C)(N)C(F)(F)F)n1. The summed E-state index contributed by atoms with van der Waals surface area (Å²) < 4.78 is 37.5. The minimum Gasteiger partial charge on any atom is -0.504 e. The second-order valence-corrected chi connectivity index (χ2v) is 3.97. The Kier molecular flexibility index (Phi) is 3.52. The second kappa shape index (κ2) is 4.45. The van der Waals surface area contributed by atoms with Gasteiger partial charge in [0.15, 0.2) is 17.1 Å². The van der Waals surface area contributed by atoms with Crippen molar-refractivity contribution in [3.63, 3.8) is 0 Å². The number of pyridine rings is 1. The zero-order chi connectivity index (χ0) is 14.1. The molecule has 0 radical (unpaired) electrons. The third-order valence-corrected chi connectivity index (χ3v) is 2.31. The van der Waals surface area contributed by atoms with Crippen LogP contribution in [0.4, 0.5) is 19.0 Å². The molecule has 0 spiro atoms. The number of nitrogens with one attached hydrogen (secondary N) is 1. The summed E-state index contributed by atoms with van der Waals surface area (Å²) in [6.07, 6.45) is -4.91. The molecule has 0 aliphatic rings. The fraction of sp³-hybridized carbons (Fsp3) is 0.400. The molecule has 1 amide bonds. The molecule has 0 bridgehead atoms. The number of nitrogens with zero attached hydrogens (tertiary/aromatic N) is 1. The van der Waals surface area contributed by atoms with E-state index in [1.54, 1.807) is 6.92 Å². The summed E-state index contributed by atoms with van der Waals surface area (Å²) in [7, 11) is 0. The van der Waals surface area contributed by atoms with Crippen LogP contribution in [-0.4, -0.2) is 27.7 Å². The normalized spacial score (nSPS) is 15.0. The predicted octanol–water partition coefficient (Wildman–Crippen LogP) is 1.31. The number of carbonyl (C=O) groups excluding carboxylic acids is 1. The predicted molar refractivity (Wildman–Crippen MR) is 57.9 cm³/mol. The highest BCUT2D eigenvalue weighted by Gasteiger charge is 2.54. The molecule has 0 saturated heterocycles. The van der Waals surface area contributed by atoms with Gasteiger partial charge >= 0.3 is 6.18 Å². The highest BCUT2D eigenvalue weighted by Crippen LogP contribution is 2.30. The lowest BCUT2D eigenvalue weighted by Crippen LogP contribution is -2.59. The zero-order valence-electron chi connectivity index (χ0n) is 9.67. The van der Waals surface area contributed by atoms with Crippen LogP contribution in [-0.2, 0) is 4.79 Å². The third kappa shape index (κ3) is 2.70. The van der Waals surface area contributed by atoms with E-state index in [1.807, 2.05) is 5.32 Å². The van der Waals surface area contributed by atoms with Gasteiger partial charge in [-0.15, -0.1) is 0 Å². The quantitative estimate of drug-likeness (QED) is 0.750. The molecule has 8 heteroatoms. The van der Waals surface area contributed by atoms with Crippen molar-refractivity contribution in [2.24, 2.45) is 5.73 Å². The van der Waals surface area contributed by atoms with E-state index in [-0.39, 0.29) is 5.82 Å². The Morgan fingerprint density at radius 1 is 1.44 bits per heavy atom. The Bertz CT molecular complexity index is 472. The van der Waals surface area contributed by atoms with Crippen molar-refractivity contribution in [1.29, 1.82) is 0 Å². The Morgan fingerprint density at radius 2 is 2.00 bits per heavy atom. The fourth-order valence-electron chi connectivity index (χ4n) is 1.01. The van der Waals surface area contributed by atoms with E-state index >= 15 is 0 Å². The van der Waals surface area contributed by atoms with E-state index < -0.39 is 23.4 Å². The summed E-state index contributed by atoms with van der Waals surface area (Å²) in [5, 5.41) is 11.2. The van der Waals surface area contributed by atoms with Gasteiger partial charge in [-0.05, 0) is 26.0 Å². The summed E-state index contributed by atoms with van der Waals surface area (Å²) in [5.41, 5.74) is 2.29. The first-order valence-electron chi connectivity index (χ1n) is 4.89. The highest BCUT2D eigenvalue weighted by molar-refractivity contribution is 5.98. The molecular weight excluding hydrogens is 251 g/mol. The average molecular weight is 263 g/mol. The number of halogens is 3. The molecule has 0 saturated carbocycles. The van der Waals surface area contributed by atoms with Crippen molar-refractivity contribution in [3.05, 3.63) is 17.8 Å². The Morgan fingerprint density at radius 3 is 2.50 bits per heavy atom. The number of anilines is 1. The van der Waals surface area contributed by atoms with Crippen molar-refractivity contribution < 1.29 is 23.1 Å². The molecule has 0 aromatic carbocycles. The Hall–Kier alpha value is -1.83. The molecule has 4 N–H and O–H groups in total. The number of amides is 1. The second-order valence-electron chi connectivity index (χ2n) is 3.97. The molecule has 1 heterocycles. The number of rotatable bonds is 2. The first-order chi connectivity index (χ1) is 8.05. The molecule has 18 heavy (non-hydrogen) atoms. The maximum absolute atomic E-state index is 12.5. The van der Waals surface area contributed by atoms with Gasteiger partial charge in [-0.3, -0.25) is 4.79 Å². The van der Waals surface area contributed by atoms with Crippen molar-refractivity contribution >= 4 is 11.7 Å². The third-order valence-electron chi connectivity index (χ3n) is 2.31. The number of alkyl halides is 3. The molecule has 100 valence electrons. The van der Waals surface area contributed by atoms with Crippen LogP contribution in [0.25, 0.3) is 0 Å². The molecular formula is C10H12F3N3O2. The molecule has 0 aliphatic carbocycles. The van der Waals surface area contributed by atoms with Gasteiger partial charge in [0, 0.05) is 5.69 Å². The lowest BCUT2D eigenvalue weighted by molar-refractivity contribution is -0.184. The standard InChI is InChI=1S/C10H12F3N3O2/c1-5-3-4-6(17)7(15-5)16-8(18)9(2,14)10(11,12)13/h3-4,17H,14H2,1-2H3,(H,15,16,18). The average Bonchev–Trinajstić information content (AvgIpc) is 2.21. The van der Waals surface area contributed by atoms with Gasteiger partial charge in [0.05, 0.1) is 0 Å². The fourth-order valence-corrected chi connectivity index (χ4v) is 1.01.